The Kier molecular flexibility index (Phi) is 6.27. The number of ether oxygens (including phenoxy) is 1. The van der Waals surface area contributed by atoms with Gasteiger partial charge in [0.05, 0.1) is 12.6 Å². The largest absolute Gasteiger partial charge is 0.383 e. The molecule has 6 heteroatoms. The summed E-state index contributed by atoms with van der Waals surface area (Å²) in [4.78, 5) is 23.1. The fraction of sp³-hybridized carbons (Fsp3) is 0.688. The summed E-state index contributed by atoms with van der Waals surface area (Å²) >= 11 is 0. The van der Waals surface area contributed by atoms with E-state index in [-0.39, 0.29) is 11.9 Å². The monoisotopic (exact) mass is 306 g/mol. The predicted molar refractivity (Wildman–Crippen MR) is 84.6 cm³/mol. The van der Waals surface area contributed by atoms with Crippen LogP contribution in [0.5, 0.6) is 0 Å². The van der Waals surface area contributed by atoms with Crippen LogP contribution in [0.4, 0.5) is 0 Å². The number of amides is 1. The first-order valence-corrected chi connectivity index (χ1v) is 7.92. The van der Waals surface area contributed by atoms with Crippen molar-refractivity contribution in [1.29, 1.82) is 0 Å². The van der Waals surface area contributed by atoms with E-state index in [1.165, 1.54) is 6.42 Å². The molecule has 1 aromatic rings. The van der Waals surface area contributed by atoms with E-state index in [9.17, 15) is 4.79 Å². The molecule has 6 nitrogen and oxygen atoms in total. The van der Waals surface area contributed by atoms with Crippen molar-refractivity contribution in [3.63, 3.8) is 0 Å². The topological polar surface area (TPSA) is 67.4 Å². The number of hydrogen-bond donors (Lipinski definition) is 1. The van der Waals surface area contributed by atoms with E-state index in [1.54, 1.807) is 14.2 Å². The van der Waals surface area contributed by atoms with Crippen LogP contribution in [0.2, 0.25) is 0 Å². The Hall–Kier alpha value is -1.53. The molecule has 122 valence electrons. The first-order valence-electron chi connectivity index (χ1n) is 7.92. The summed E-state index contributed by atoms with van der Waals surface area (Å²) in [5.74, 6) is 0.931. The molecule has 0 bridgehead atoms. The second-order valence-electron chi connectivity index (χ2n) is 5.72. The van der Waals surface area contributed by atoms with Crippen molar-refractivity contribution in [1.82, 2.24) is 20.2 Å². The van der Waals surface area contributed by atoms with Crippen LogP contribution in [-0.4, -0.2) is 54.6 Å². The van der Waals surface area contributed by atoms with Crippen molar-refractivity contribution >= 4 is 5.91 Å². The highest BCUT2D eigenvalue weighted by Gasteiger charge is 2.28. The first-order chi connectivity index (χ1) is 10.6. The molecule has 1 N–H and O–H groups in total. The maximum atomic E-state index is 11.4. The Morgan fingerprint density at radius 2 is 2.32 bits per heavy atom. The molecule has 22 heavy (non-hydrogen) atoms. The number of nitrogens with one attached hydrogen (secondary N) is 1. The van der Waals surface area contributed by atoms with Gasteiger partial charge in [-0.15, -0.1) is 0 Å². The van der Waals surface area contributed by atoms with Gasteiger partial charge in [-0.2, -0.15) is 0 Å². The minimum absolute atomic E-state index is 0.0420. The molecule has 2 heterocycles. The molecule has 0 aliphatic carbocycles. The summed E-state index contributed by atoms with van der Waals surface area (Å²) in [7, 11) is 3.39. The number of likely N-dealkylation sites (tertiary alicyclic amines) is 1. The first kappa shape index (κ1) is 16.8. The average molecular weight is 306 g/mol. The molecule has 1 atom stereocenters. The van der Waals surface area contributed by atoms with Gasteiger partial charge in [-0.3, -0.25) is 9.69 Å². The number of methoxy groups -OCH3 is 1. The van der Waals surface area contributed by atoms with Crippen molar-refractivity contribution in [3.8, 4) is 0 Å². The minimum Gasteiger partial charge on any atom is -0.383 e. The van der Waals surface area contributed by atoms with Gasteiger partial charge in [0.15, 0.2) is 0 Å². The molecular weight excluding hydrogens is 280 g/mol. The Morgan fingerprint density at radius 3 is 3.05 bits per heavy atom. The zero-order valence-electron chi connectivity index (χ0n) is 13.8. The van der Waals surface area contributed by atoms with Crippen LogP contribution in [0.25, 0.3) is 0 Å². The number of aromatic nitrogens is 2. The standard InChI is InChI=1S/C16H26N4O2/c1-12-11-13(6-7-15(21)17-2)19-16(18-12)14-5-4-8-20(14)9-10-22-3/h11,14H,4-10H2,1-3H3,(H,17,21). The molecule has 1 aliphatic rings. The molecule has 1 fully saturated rings. The van der Waals surface area contributed by atoms with Crippen LogP contribution in [-0.2, 0) is 16.0 Å². The molecule has 0 saturated carbocycles. The van der Waals surface area contributed by atoms with Gasteiger partial charge >= 0.3 is 0 Å². The number of hydrogen-bond acceptors (Lipinski definition) is 5. The molecule has 2 rings (SSSR count). The third kappa shape index (κ3) is 4.48. The fourth-order valence-electron chi connectivity index (χ4n) is 2.90. The summed E-state index contributed by atoms with van der Waals surface area (Å²) in [5, 5.41) is 2.65. The van der Waals surface area contributed by atoms with Crippen molar-refractivity contribution < 1.29 is 9.53 Å². The van der Waals surface area contributed by atoms with Crippen molar-refractivity contribution in [2.24, 2.45) is 0 Å². The molecular formula is C16H26N4O2. The van der Waals surface area contributed by atoms with E-state index in [2.05, 4.69) is 15.2 Å². The number of nitrogens with zero attached hydrogens (tertiary/aromatic N) is 3. The minimum atomic E-state index is 0.0420. The molecule has 0 radical (unpaired) electrons. The Balaban J connectivity index is 2.09. The fourth-order valence-corrected chi connectivity index (χ4v) is 2.90. The lowest BCUT2D eigenvalue weighted by Crippen LogP contribution is -2.28. The quantitative estimate of drug-likeness (QED) is 0.821. The molecule has 0 spiro atoms. The van der Waals surface area contributed by atoms with Gasteiger partial charge < -0.3 is 10.1 Å². The van der Waals surface area contributed by atoms with Gasteiger partial charge in [0.25, 0.3) is 0 Å². The SMILES string of the molecule is CNC(=O)CCc1cc(C)nc(C2CCCN2CCOC)n1. The van der Waals surface area contributed by atoms with Gasteiger partial charge in [0.1, 0.15) is 5.82 Å². The number of carbonyl (C=O) groups excluding carboxylic acids is 1. The van der Waals surface area contributed by atoms with Gasteiger partial charge in [0.2, 0.25) is 5.91 Å². The molecule has 1 unspecified atom stereocenters. The summed E-state index contributed by atoms with van der Waals surface area (Å²) in [6, 6.07) is 2.25. The lowest BCUT2D eigenvalue weighted by atomic mass is 10.1. The normalized spacial score (nSPS) is 18.6. The van der Waals surface area contributed by atoms with Gasteiger partial charge in [-0.1, -0.05) is 0 Å². The Bertz CT molecular complexity index is 507. The predicted octanol–water partition coefficient (Wildman–Crippen LogP) is 1.25. The van der Waals surface area contributed by atoms with Crippen LogP contribution in [0, 0.1) is 6.92 Å². The van der Waals surface area contributed by atoms with Crippen LogP contribution < -0.4 is 5.32 Å². The molecule has 1 amide bonds. The highest BCUT2D eigenvalue weighted by Crippen LogP contribution is 2.29. The lowest BCUT2D eigenvalue weighted by Gasteiger charge is -2.23. The highest BCUT2D eigenvalue weighted by atomic mass is 16.5. The second-order valence-corrected chi connectivity index (χ2v) is 5.72. The average Bonchev–Trinajstić information content (AvgIpc) is 2.98. The van der Waals surface area contributed by atoms with E-state index in [0.29, 0.717) is 12.8 Å². The Labute approximate surface area is 132 Å². The van der Waals surface area contributed by atoms with E-state index in [4.69, 9.17) is 9.72 Å². The van der Waals surface area contributed by atoms with Crippen molar-refractivity contribution in [2.75, 3.05) is 33.9 Å². The van der Waals surface area contributed by atoms with E-state index < -0.39 is 0 Å². The number of aryl methyl sites for hydroxylation is 2. The van der Waals surface area contributed by atoms with Crippen molar-refractivity contribution in [3.05, 3.63) is 23.3 Å². The summed E-state index contributed by atoms with van der Waals surface area (Å²) in [6.07, 6.45) is 3.37. The third-order valence-electron chi connectivity index (χ3n) is 4.06. The van der Waals surface area contributed by atoms with Crippen LogP contribution in [0.15, 0.2) is 6.07 Å². The third-order valence-corrected chi connectivity index (χ3v) is 4.06. The highest BCUT2D eigenvalue weighted by molar-refractivity contribution is 5.75. The van der Waals surface area contributed by atoms with E-state index >= 15 is 0 Å². The van der Waals surface area contributed by atoms with E-state index in [0.717, 1.165) is 43.3 Å². The maximum Gasteiger partial charge on any atom is 0.220 e. The summed E-state index contributed by atoms with van der Waals surface area (Å²) in [5.41, 5.74) is 1.92. The van der Waals surface area contributed by atoms with Crippen LogP contribution >= 0.6 is 0 Å². The maximum absolute atomic E-state index is 11.4. The van der Waals surface area contributed by atoms with Gasteiger partial charge in [-0.05, 0) is 38.8 Å². The van der Waals surface area contributed by atoms with E-state index in [1.807, 2.05) is 13.0 Å². The van der Waals surface area contributed by atoms with Crippen LogP contribution in [0.3, 0.4) is 0 Å². The number of carbonyl (C=O) groups is 1. The summed E-state index contributed by atoms with van der Waals surface area (Å²) < 4.78 is 5.19. The smallest absolute Gasteiger partial charge is 0.220 e. The molecule has 0 aromatic carbocycles. The zero-order chi connectivity index (χ0) is 15.9. The van der Waals surface area contributed by atoms with Gasteiger partial charge in [-0.25, -0.2) is 9.97 Å². The lowest BCUT2D eigenvalue weighted by molar-refractivity contribution is -0.120. The van der Waals surface area contributed by atoms with Crippen LogP contribution in [0.1, 0.15) is 42.5 Å². The molecule has 1 saturated heterocycles. The molecule has 1 aliphatic heterocycles. The second kappa shape index (κ2) is 8.19. The van der Waals surface area contributed by atoms with Crippen molar-refractivity contribution in [2.45, 2.75) is 38.6 Å². The Morgan fingerprint density at radius 1 is 1.50 bits per heavy atom. The van der Waals surface area contributed by atoms with Gasteiger partial charge in [0, 0.05) is 38.5 Å². The number of rotatable bonds is 7. The summed E-state index contributed by atoms with van der Waals surface area (Å²) in [6.45, 7) is 4.69. The molecule has 1 aromatic heterocycles. The zero-order valence-corrected chi connectivity index (χ0v) is 13.8.